The molecule has 6 aromatic carbocycles. The maximum Gasteiger partial charge on any atom is 0.164 e. The van der Waals surface area contributed by atoms with Crippen molar-refractivity contribution in [3.8, 4) is 44.8 Å². The Morgan fingerprint density at radius 2 is 0.922 bits per heavy atom. The maximum absolute atomic E-state index is 11.5. The summed E-state index contributed by atoms with van der Waals surface area (Å²) in [6.07, 6.45) is 5.00. The number of aromatic nitrogens is 2. The molecule has 0 unspecified atom stereocenters. The number of allylic oxidation sites excluding steroid dienone is 2. The van der Waals surface area contributed by atoms with Crippen LogP contribution < -0.4 is 4.90 Å². The number of carbonyl (C=O) groups is 1. The molecule has 8 rings (SSSR count). The summed E-state index contributed by atoms with van der Waals surface area (Å²) in [6.45, 7) is 11.1. The van der Waals surface area contributed by atoms with Crippen LogP contribution in [0.2, 0.25) is 0 Å². The summed E-state index contributed by atoms with van der Waals surface area (Å²) in [5, 5.41) is 9.56. The van der Waals surface area contributed by atoms with E-state index < -0.39 is 5.41 Å². The Hall–Kier alpha value is -6.07. The zero-order valence-electron chi connectivity index (χ0n) is 37.0. The quantitative estimate of drug-likeness (QED) is 0.0933. The van der Waals surface area contributed by atoms with E-state index in [9.17, 15) is 9.90 Å². The third kappa shape index (κ3) is 14.5. The van der Waals surface area contributed by atoms with E-state index in [1.165, 1.54) is 22.8 Å². The van der Waals surface area contributed by atoms with Gasteiger partial charge in [0.2, 0.25) is 0 Å². The predicted octanol–water partition coefficient (Wildman–Crippen LogP) is 15.0. The number of hydrogen-bond donors (Lipinski definition) is 1. The summed E-state index contributed by atoms with van der Waals surface area (Å²) in [6, 6.07) is 70.6. The summed E-state index contributed by atoms with van der Waals surface area (Å²) in [5.74, 6) is 0.104. The first-order chi connectivity index (χ1) is 29.9. The Labute approximate surface area is 406 Å². The third-order valence-electron chi connectivity index (χ3n) is 9.84. The molecule has 64 heavy (non-hydrogen) atoms. The number of ketones is 1. The monoisotopic (exact) mass is 1200 g/mol. The number of aliphatic hydroxyl groups excluding tert-OH is 1. The molecule has 0 aliphatic heterocycles. The average molecular weight is 1200 g/mol. The van der Waals surface area contributed by atoms with Crippen LogP contribution in [-0.2, 0) is 45.0 Å². The van der Waals surface area contributed by atoms with Crippen LogP contribution in [0.15, 0.2) is 212 Å². The van der Waals surface area contributed by atoms with Crippen molar-refractivity contribution >= 4 is 22.8 Å². The first-order valence-electron chi connectivity index (χ1n) is 20.7. The fourth-order valence-electron chi connectivity index (χ4n) is 6.24. The van der Waals surface area contributed by atoms with Gasteiger partial charge in [0.05, 0.1) is 0 Å². The molecule has 0 amide bonds. The smallest absolute Gasteiger partial charge is 0.164 e. The number of anilines is 3. The number of pyridine rings is 2. The van der Waals surface area contributed by atoms with Crippen molar-refractivity contribution in [2.75, 3.05) is 4.90 Å². The number of aliphatic hydroxyl groups is 1. The van der Waals surface area contributed by atoms with E-state index in [1.54, 1.807) is 6.20 Å². The fraction of sp³-hybridized carbons (Fsp3) is 0.140. The summed E-state index contributed by atoms with van der Waals surface area (Å²) in [5.41, 5.74) is 11.1. The Kier molecular flexibility index (Phi) is 19.1. The van der Waals surface area contributed by atoms with Gasteiger partial charge in [-0.1, -0.05) is 157 Å². The van der Waals surface area contributed by atoms with E-state index in [4.69, 9.17) is 0 Å². The molecule has 5 nitrogen and oxygen atoms in total. The van der Waals surface area contributed by atoms with Gasteiger partial charge in [0.15, 0.2) is 5.78 Å². The van der Waals surface area contributed by atoms with Gasteiger partial charge in [0.25, 0.3) is 0 Å². The van der Waals surface area contributed by atoms with Gasteiger partial charge in [-0.3, -0.25) is 4.79 Å². The van der Waals surface area contributed by atoms with Crippen molar-refractivity contribution in [3.63, 3.8) is 0 Å². The zero-order chi connectivity index (χ0) is 44.0. The van der Waals surface area contributed by atoms with Crippen LogP contribution in [0.4, 0.5) is 17.1 Å². The molecule has 8 aromatic rings. The number of benzene rings is 6. The molecular weight excluding hydrogens is 1140 g/mol. The van der Waals surface area contributed by atoms with Gasteiger partial charge >= 0.3 is 0 Å². The average Bonchev–Trinajstić information content (AvgIpc) is 3.31. The second-order valence-electron chi connectivity index (χ2n) is 16.7. The Balaban J connectivity index is 0.000000232. The van der Waals surface area contributed by atoms with Crippen LogP contribution in [0.1, 0.15) is 41.5 Å². The molecule has 0 aliphatic carbocycles. The van der Waals surface area contributed by atoms with Crippen molar-refractivity contribution in [1.29, 1.82) is 0 Å². The molecule has 0 atom stereocenters. The van der Waals surface area contributed by atoms with Crippen molar-refractivity contribution < 1.29 is 50.1 Å². The van der Waals surface area contributed by atoms with Gasteiger partial charge in [-0.05, 0) is 58.9 Å². The number of para-hydroxylation sites is 2. The molecule has 0 spiro atoms. The SMILES string of the molecule is CC(C)(C)C(=O)C=C(O)C(C)(C)C.[Ir].[Ir].[c-]1ccc(-c2ccccc2)cc1-c1cc(N(c2ccccc2)c2ccccc2)ccn1.[c-]1ccc(-c2ccccc2)cc1-c1ccccn1. The van der Waals surface area contributed by atoms with Crippen LogP contribution in [0.3, 0.4) is 0 Å². The van der Waals surface area contributed by atoms with E-state index in [0.717, 1.165) is 45.1 Å². The van der Waals surface area contributed by atoms with Crippen LogP contribution in [0.5, 0.6) is 0 Å². The predicted molar refractivity (Wildman–Crippen MR) is 257 cm³/mol. The Morgan fingerprint density at radius 3 is 1.36 bits per heavy atom. The van der Waals surface area contributed by atoms with Crippen LogP contribution >= 0.6 is 0 Å². The van der Waals surface area contributed by atoms with Gasteiger partial charge in [-0.25, -0.2) is 0 Å². The van der Waals surface area contributed by atoms with Crippen molar-refractivity contribution in [1.82, 2.24) is 9.97 Å². The summed E-state index contributed by atoms with van der Waals surface area (Å²) in [7, 11) is 0. The molecule has 0 fully saturated rings. The van der Waals surface area contributed by atoms with Crippen molar-refractivity contribution in [2.24, 2.45) is 10.8 Å². The fourth-order valence-corrected chi connectivity index (χ4v) is 6.24. The van der Waals surface area contributed by atoms with Gasteiger partial charge < -0.3 is 20.0 Å². The zero-order valence-corrected chi connectivity index (χ0v) is 41.8. The van der Waals surface area contributed by atoms with Crippen LogP contribution in [0, 0.1) is 23.0 Å². The number of rotatable bonds is 8. The van der Waals surface area contributed by atoms with E-state index in [0.29, 0.717) is 0 Å². The van der Waals surface area contributed by atoms with Gasteiger partial charge in [-0.2, -0.15) is 0 Å². The van der Waals surface area contributed by atoms with Gasteiger partial charge in [0, 0.05) is 86.6 Å². The Bertz CT molecular complexity index is 2570. The van der Waals surface area contributed by atoms with Crippen LogP contribution in [0.25, 0.3) is 44.8 Å². The molecule has 2 aromatic heterocycles. The molecule has 0 saturated carbocycles. The molecule has 0 aliphatic rings. The second-order valence-corrected chi connectivity index (χ2v) is 16.7. The molecule has 1 N–H and O–H groups in total. The summed E-state index contributed by atoms with van der Waals surface area (Å²) >= 11 is 0. The van der Waals surface area contributed by atoms with E-state index in [1.807, 2.05) is 121 Å². The third-order valence-corrected chi connectivity index (χ3v) is 9.84. The van der Waals surface area contributed by atoms with Crippen molar-refractivity contribution in [3.05, 3.63) is 224 Å². The molecular formula is C57H53Ir2N3O2-2. The van der Waals surface area contributed by atoms with Crippen molar-refractivity contribution in [2.45, 2.75) is 41.5 Å². The second kappa shape index (κ2) is 24.1. The van der Waals surface area contributed by atoms with Gasteiger partial charge in [-0.15, -0.1) is 70.8 Å². The number of carbonyl (C=O) groups excluding carboxylic acids is 1. The molecule has 0 bridgehead atoms. The maximum atomic E-state index is 11.5. The van der Waals surface area contributed by atoms with E-state index >= 15 is 0 Å². The van der Waals surface area contributed by atoms with Crippen LogP contribution in [-0.4, -0.2) is 20.9 Å². The minimum Gasteiger partial charge on any atom is -0.512 e. The first-order valence-corrected chi connectivity index (χ1v) is 20.7. The standard InChI is InChI=1S/C29H21N2.C17H12N.C11H20O2.2Ir/c1-4-11-23(12-5-1)24-13-10-14-25(21-24)29-22-28(19-20-30-29)31(26-15-6-2-7-16-26)27-17-8-3-9-18-27;1-2-7-14(8-3-1)15-9-6-10-16(13-15)17-11-4-5-12-18-17;1-10(2,3)8(12)7-9(13)11(4,5)6;;/h1-13,15-22H;1-9,11-13H;7,12H,1-6H3;;/q2*-1;;;. The van der Waals surface area contributed by atoms with Gasteiger partial charge in [0.1, 0.15) is 5.76 Å². The molecule has 2 radical (unpaired) electrons. The summed E-state index contributed by atoms with van der Waals surface area (Å²) < 4.78 is 0. The van der Waals surface area contributed by atoms with E-state index in [-0.39, 0.29) is 57.2 Å². The molecule has 328 valence electrons. The molecule has 0 saturated heterocycles. The Morgan fingerprint density at radius 1 is 0.484 bits per heavy atom. The van der Waals surface area contributed by atoms with E-state index in [2.05, 4.69) is 142 Å². The topological polar surface area (TPSA) is 66.3 Å². The number of hydrogen-bond acceptors (Lipinski definition) is 5. The largest absolute Gasteiger partial charge is 0.512 e. The number of nitrogens with zero attached hydrogens (tertiary/aromatic N) is 3. The first kappa shape index (κ1) is 50.6. The minimum absolute atomic E-state index is 0. The minimum atomic E-state index is -0.417. The molecule has 7 heteroatoms. The molecule has 2 heterocycles. The normalized spacial score (nSPS) is 10.9. The summed E-state index contributed by atoms with van der Waals surface area (Å²) in [4.78, 5) is 22.7.